The van der Waals surface area contributed by atoms with Gasteiger partial charge < -0.3 is 18.7 Å². The van der Waals surface area contributed by atoms with Crippen molar-refractivity contribution in [3.63, 3.8) is 0 Å². The Morgan fingerprint density at radius 1 is 1.22 bits per heavy atom. The molecule has 23 heavy (non-hydrogen) atoms. The predicted octanol–water partition coefficient (Wildman–Crippen LogP) is 3.28. The fourth-order valence-corrected chi connectivity index (χ4v) is 2.88. The largest absolute Gasteiger partial charge is 0.484 e. The summed E-state index contributed by atoms with van der Waals surface area (Å²) in [6.45, 7) is 0.181. The normalized spacial score (nSPS) is 17.0. The van der Waals surface area contributed by atoms with E-state index in [1.54, 1.807) is 18.4 Å². The minimum absolute atomic E-state index is 0.181. The van der Waals surface area contributed by atoms with E-state index in [-0.39, 0.29) is 6.61 Å². The van der Waals surface area contributed by atoms with Crippen LogP contribution in [0.25, 0.3) is 11.7 Å². The lowest BCUT2D eigenvalue weighted by Gasteiger charge is -2.23. The molecule has 1 N–H and O–H groups in total. The van der Waals surface area contributed by atoms with Gasteiger partial charge in [0.15, 0.2) is 12.4 Å². The average Bonchev–Trinajstić information content (AvgIpc) is 3.25. The Morgan fingerprint density at radius 3 is 3.04 bits per heavy atom. The number of aliphatic hydroxyl groups excluding tert-OH is 1. The van der Waals surface area contributed by atoms with Crippen LogP contribution in [-0.4, -0.2) is 15.3 Å². The Balaban J connectivity index is 1.51. The second-order valence-electron chi connectivity index (χ2n) is 5.50. The molecule has 1 atom stereocenters. The molecule has 6 heteroatoms. The molecule has 0 amide bonds. The summed E-state index contributed by atoms with van der Waals surface area (Å²) in [7, 11) is 0. The van der Waals surface area contributed by atoms with Crippen molar-refractivity contribution in [1.29, 1.82) is 0 Å². The van der Waals surface area contributed by atoms with Gasteiger partial charge in [-0.3, -0.25) is 0 Å². The maximum Gasteiger partial charge on any atom is 0.283 e. The van der Waals surface area contributed by atoms with Gasteiger partial charge in [0.1, 0.15) is 5.75 Å². The molecule has 1 aromatic carbocycles. The van der Waals surface area contributed by atoms with Gasteiger partial charge >= 0.3 is 0 Å². The molecular weight excluding hydrogens is 296 g/mol. The molecule has 0 unspecified atom stereocenters. The van der Waals surface area contributed by atoms with Crippen molar-refractivity contribution in [1.82, 2.24) is 10.2 Å². The molecule has 2 heterocycles. The number of fused-ring (bicyclic) bond motifs is 1. The second-order valence-corrected chi connectivity index (χ2v) is 5.50. The highest BCUT2D eigenvalue weighted by atomic mass is 16.5. The third kappa shape index (κ3) is 2.73. The smallest absolute Gasteiger partial charge is 0.283 e. The van der Waals surface area contributed by atoms with Crippen molar-refractivity contribution in [2.24, 2.45) is 0 Å². The minimum atomic E-state index is -0.406. The molecule has 118 valence electrons. The van der Waals surface area contributed by atoms with Crippen LogP contribution in [0.1, 0.15) is 36.0 Å². The first-order chi connectivity index (χ1) is 11.3. The minimum Gasteiger partial charge on any atom is -0.484 e. The Hall–Kier alpha value is -2.60. The highest BCUT2D eigenvalue weighted by Gasteiger charge is 2.21. The Morgan fingerprint density at radius 2 is 2.17 bits per heavy atom. The second kappa shape index (κ2) is 5.89. The quantitative estimate of drug-likeness (QED) is 0.796. The maximum atomic E-state index is 10.1. The van der Waals surface area contributed by atoms with Crippen molar-refractivity contribution in [2.45, 2.75) is 32.0 Å². The van der Waals surface area contributed by atoms with Crippen LogP contribution in [-0.2, 0) is 13.0 Å². The van der Waals surface area contributed by atoms with Crippen LogP contribution in [0.4, 0.5) is 0 Å². The molecule has 1 aliphatic carbocycles. The summed E-state index contributed by atoms with van der Waals surface area (Å²) in [5, 5.41) is 18.0. The molecule has 0 fully saturated rings. The molecule has 2 aromatic heterocycles. The van der Waals surface area contributed by atoms with Gasteiger partial charge in [-0.15, -0.1) is 10.2 Å². The van der Waals surface area contributed by atoms with Gasteiger partial charge in [-0.05, 0) is 48.6 Å². The molecule has 4 rings (SSSR count). The first-order valence-electron chi connectivity index (χ1n) is 7.60. The number of hydrogen-bond donors (Lipinski definition) is 1. The molecule has 0 saturated carbocycles. The predicted molar refractivity (Wildman–Crippen MR) is 80.7 cm³/mol. The van der Waals surface area contributed by atoms with E-state index in [2.05, 4.69) is 10.2 Å². The summed E-state index contributed by atoms with van der Waals surface area (Å²) in [5.74, 6) is 2.01. The van der Waals surface area contributed by atoms with E-state index >= 15 is 0 Å². The summed E-state index contributed by atoms with van der Waals surface area (Å²) >= 11 is 0. The van der Waals surface area contributed by atoms with Crippen molar-refractivity contribution in [3.05, 3.63) is 53.6 Å². The van der Waals surface area contributed by atoms with Crippen LogP contribution < -0.4 is 4.74 Å². The van der Waals surface area contributed by atoms with Gasteiger partial charge in [0.25, 0.3) is 11.8 Å². The highest BCUT2D eigenvalue weighted by molar-refractivity contribution is 5.43. The molecule has 1 aliphatic rings. The van der Waals surface area contributed by atoms with Gasteiger partial charge in [-0.1, -0.05) is 12.1 Å². The topological polar surface area (TPSA) is 81.5 Å². The SMILES string of the molecule is O[C@@H]1CCCc2c(OCc3nnc(-c4ccco4)o3)cccc21. The summed E-state index contributed by atoms with van der Waals surface area (Å²) < 4.78 is 16.6. The van der Waals surface area contributed by atoms with Crippen molar-refractivity contribution < 1.29 is 18.7 Å². The van der Waals surface area contributed by atoms with Gasteiger partial charge in [0.2, 0.25) is 0 Å². The zero-order valence-electron chi connectivity index (χ0n) is 12.4. The maximum absolute atomic E-state index is 10.1. The van der Waals surface area contributed by atoms with Gasteiger partial charge in [0.05, 0.1) is 12.4 Å². The Kier molecular flexibility index (Phi) is 3.59. The number of ether oxygens (including phenoxy) is 1. The summed E-state index contributed by atoms with van der Waals surface area (Å²) in [5.41, 5.74) is 2.02. The monoisotopic (exact) mass is 312 g/mol. The lowest BCUT2D eigenvalue weighted by Crippen LogP contribution is -2.11. The zero-order valence-corrected chi connectivity index (χ0v) is 12.4. The van der Waals surface area contributed by atoms with Crippen LogP contribution in [0.15, 0.2) is 45.4 Å². The summed E-state index contributed by atoms with van der Waals surface area (Å²) in [4.78, 5) is 0. The fraction of sp³-hybridized carbons (Fsp3) is 0.294. The first kappa shape index (κ1) is 14.0. The molecule has 3 aromatic rings. The summed E-state index contributed by atoms with van der Waals surface area (Å²) in [6, 6.07) is 9.27. The molecule has 0 spiro atoms. The molecule has 0 bridgehead atoms. The number of nitrogens with zero attached hydrogens (tertiary/aromatic N) is 2. The highest BCUT2D eigenvalue weighted by Crippen LogP contribution is 2.35. The standard InChI is InChI=1S/C17H16N2O4/c20-13-6-1-5-12-11(13)4-2-7-14(12)22-10-16-18-19-17(23-16)15-8-3-9-21-15/h2-4,7-9,13,20H,1,5-6,10H2/t13-/m1/s1. The van der Waals surface area contributed by atoms with Gasteiger partial charge in [-0.2, -0.15) is 0 Å². The van der Waals surface area contributed by atoms with Crippen LogP contribution in [0.3, 0.4) is 0 Å². The zero-order chi connectivity index (χ0) is 15.6. The first-order valence-corrected chi connectivity index (χ1v) is 7.60. The lowest BCUT2D eigenvalue weighted by molar-refractivity contribution is 0.154. The van der Waals surface area contributed by atoms with Crippen LogP contribution in [0, 0.1) is 0 Å². The lowest BCUT2D eigenvalue weighted by atomic mass is 9.89. The Labute approximate surface area is 132 Å². The average molecular weight is 312 g/mol. The third-order valence-electron chi connectivity index (χ3n) is 3.98. The molecule has 0 aliphatic heterocycles. The summed E-state index contributed by atoms with van der Waals surface area (Å²) in [6.07, 6.45) is 3.81. The van der Waals surface area contributed by atoms with Crippen LogP contribution in [0.5, 0.6) is 5.75 Å². The molecule has 0 radical (unpaired) electrons. The van der Waals surface area contributed by atoms with E-state index in [4.69, 9.17) is 13.6 Å². The number of benzene rings is 1. The van der Waals surface area contributed by atoms with Crippen LogP contribution >= 0.6 is 0 Å². The van der Waals surface area contributed by atoms with Crippen molar-refractivity contribution >= 4 is 0 Å². The van der Waals surface area contributed by atoms with E-state index in [1.165, 1.54) is 0 Å². The number of hydrogen-bond acceptors (Lipinski definition) is 6. The molecule has 6 nitrogen and oxygen atoms in total. The van der Waals surface area contributed by atoms with E-state index < -0.39 is 6.10 Å². The van der Waals surface area contributed by atoms with Gasteiger partial charge in [-0.25, -0.2) is 0 Å². The van der Waals surface area contributed by atoms with Crippen molar-refractivity contribution in [2.75, 3.05) is 0 Å². The third-order valence-corrected chi connectivity index (χ3v) is 3.98. The number of rotatable bonds is 4. The number of furan rings is 1. The van der Waals surface area contributed by atoms with Crippen LogP contribution in [0.2, 0.25) is 0 Å². The van der Waals surface area contributed by atoms with Gasteiger partial charge in [0, 0.05) is 0 Å². The number of aromatic nitrogens is 2. The van der Waals surface area contributed by atoms with E-state index in [0.717, 1.165) is 36.1 Å². The Bertz CT molecular complexity index is 795. The van der Waals surface area contributed by atoms with Crippen molar-refractivity contribution in [3.8, 4) is 17.4 Å². The molecular formula is C17H16N2O4. The molecule has 0 saturated heterocycles. The van der Waals surface area contributed by atoms with E-state index in [9.17, 15) is 5.11 Å². The van der Waals surface area contributed by atoms with E-state index in [0.29, 0.717) is 17.5 Å². The van der Waals surface area contributed by atoms with E-state index in [1.807, 2.05) is 18.2 Å². The fourth-order valence-electron chi connectivity index (χ4n) is 2.88. The number of aliphatic hydroxyl groups is 1.